The van der Waals surface area contributed by atoms with Crippen LogP contribution in [0.5, 0.6) is 5.75 Å². The highest BCUT2D eigenvalue weighted by atomic mass is 32.2. The van der Waals surface area contributed by atoms with Crippen molar-refractivity contribution in [2.24, 2.45) is 0 Å². The van der Waals surface area contributed by atoms with Crippen LogP contribution in [0.25, 0.3) is 0 Å². The van der Waals surface area contributed by atoms with E-state index in [0.29, 0.717) is 23.5 Å². The minimum absolute atomic E-state index is 0.214. The standard InChI is InChI=1S/C16H18N2O4S/c1-22-15-8-6-13(7-9-15)16(19)17-11-12-4-3-5-14(10-12)18-23(2,20)21/h3-10,18H,11H2,1-2H3,(H,17,19). The number of nitrogens with one attached hydrogen (secondary N) is 2. The molecule has 0 spiro atoms. The molecule has 0 saturated carbocycles. The Morgan fingerprint density at radius 2 is 1.83 bits per heavy atom. The number of carbonyl (C=O) groups is 1. The van der Waals surface area contributed by atoms with Crippen LogP contribution in [0.1, 0.15) is 15.9 Å². The molecule has 0 aliphatic heterocycles. The Balaban J connectivity index is 1.99. The van der Waals surface area contributed by atoms with E-state index in [2.05, 4.69) is 10.0 Å². The van der Waals surface area contributed by atoms with Gasteiger partial charge in [0, 0.05) is 17.8 Å². The Bertz CT molecular complexity index is 786. The second-order valence-corrected chi connectivity index (χ2v) is 6.73. The Morgan fingerprint density at radius 3 is 2.43 bits per heavy atom. The number of carbonyl (C=O) groups excluding carboxylic acids is 1. The molecule has 7 heteroatoms. The van der Waals surface area contributed by atoms with Crippen LogP contribution in [-0.2, 0) is 16.6 Å². The fraction of sp³-hybridized carbons (Fsp3) is 0.188. The Labute approximate surface area is 135 Å². The molecule has 1 amide bonds. The fourth-order valence-corrected chi connectivity index (χ4v) is 2.54. The van der Waals surface area contributed by atoms with Crippen molar-refractivity contribution in [1.82, 2.24) is 5.32 Å². The van der Waals surface area contributed by atoms with Gasteiger partial charge in [0.1, 0.15) is 5.75 Å². The first-order chi connectivity index (χ1) is 10.9. The zero-order valence-electron chi connectivity index (χ0n) is 12.9. The Hall–Kier alpha value is -2.54. The number of amides is 1. The number of ether oxygens (including phenoxy) is 1. The molecule has 0 aromatic heterocycles. The van der Waals surface area contributed by atoms with Crippen LogP contribution in [0.2, 0.25) is 0 Å². The van der Waals surface area contributed by atoms with Crippen molar-refractivity contribution >= 4 is 21.6 Å². The van der Waals surface area contributed by atoms with Crippen LogP contribution in [0.4, 0.5) is 5.69 Å². The van der Waals surface area contributed by atoms with E-state index >= 15 is 0 Å². The van der Waals surface area contributed by atoms with Gasteiger partial charge in [-0.1, -0.05) is 12.1 Å². The fourth-order valence-electron chi connectivity index (χ4n) is 1.99. The molecule has 6 nitrogen and oxygen atoms in total. The lowest BCUT2D eigenvalue weighted by Gasteiger charge is -2.08. The van der Waals surface area contributed by atoms with Gasteiger partial charge in [-0.3, -0.25) is 9.52 Å². The number of hydrogen-bond donors (Lipinski definition) is 2. The summed E-state index contributed by atoms with van der Waals surface area (Å²) in [6, 6.07) is 13.6. The molecule has 0 aliphatic carbocycles. The molecule has 0 radical (unpaired) electrons. The van der Waals surface area contributed by atoms with Gasteiger partial charge in [0.2, 0.25) is 10.0 Å². The highest BCUT2D eigenvalue weighted by Crippen LogP contribution is 2.13. The van der Waals surface area contributed by atoms with Gasteiger partial charge in [0.15, 0.2) is 0 Å². The van der Waals surface area contributed by atoms with E-state index in [-0.39, 0.29) is 5.91 Å². The minimum atomic E-state index is -3.32. The molecule has 0 heterocycles. The van der Waals surface area contributed by atoms with Crippen molar-refractivity contribution in [1.29, 1.82) is 0 Å². The zero-order valence-corrected chi connectivity index (χ0v) is 13.7. The first-order valence-electron chi connectivity index (χ1n) is 6.86. The third-order valence-electron chi connectivity index (χ3n) is 3.04. The molecular formula is C16H18N2O4S. The van der Waals surface area contributed by atoms with E-state index in [9.17, 15) is 13.2 Å². The molecule has 2 rings (SSSR count). The molecule has 2 aromatic carbocycles. The maximum atomic E-state index is 12.1. The van der Waals surface area contributed by atoms with Crippen molar-refractivity contribution in [2.75, 3.05) is 18.1 Å². The second-order valence-electron chi connectivity index (χ2n) is 4.99. The van der Waals surface area contributed by atoms with Crippen LogP contribution < -0.4 is 14.8 Å². The summed E-state index contributed by atoms with van der Waals surface area (Å²) in [5.41, 5.74) is 1.78. The SMILES string of the molecule is COc1ccc(C(=O)NCc2cccc(NS(C)(=O)=O)c2)cc1. The van der Waals surface area contributed by atoms with Gasteiger partial charge in [-0.25, -0.2) is 8.42 Å². The molecular weight excluding hydrogens is 316 g/mol. The van der Waals surface area contributed by atoms with Gasteiger partial charge in [0.05, 0.1) is 13.4 Å². The summed E-state index contributed by atoms with van der Waals surface area (Å²) in [5.74, 6) is 0.468. The molecule has 0 fully saturated rings. The molecule has 0 unspecified atom stereocenters. The van der Waals surface area contributed by atoms with Crippen molar-refractivity contribution in [2.45, 2.75) is 6.54 Å². The highest BCUT2D eigenvalue weighted by molar-refractivity contribution is 7.92. The minimum Gasteiger partial charge on any atom is -0.497 e. The van der Waals surface area contributed by atoms with Crippen molar-refractivity contribution in [3.05, 3.63) is 59.7 Å². The van der Waals surface area contributed by atoms with Crippen LogP contribution in [0, 0.1) is 0 Å². The molecule has 23 heavy (non-hydrogen) atoms. The van der Waals surface area contributed by atoms with Gasteiger partial charge in [0.25, 0.3) is 5.91 Å². The predicted octanol–water partition coefficient (Wildman–Crippen LogP) is 2.00. The lowest BCUT2D eigenvalue weighted by molar-refractivity contribution is 0.0951. The number of rotatable bonds is 6. The first kappa shape index (κ1) is 16.8. The number of methoxy groups -OCH3 is 1. The van der Waals surface area contributed by atoms with E-state index in [1.807, 2.05) is 6.07 Å². The van der Waals surface area contributed by atoms with E-state index in [1.165, 1.54) is 0 Å². The highest BCUT2D eigenvalue weighted by Gasteiger charge is 2.06. The lowest BCUT2D eigenvalue weighted by Crippen LogP contribution is -2.22. The summed E-state index contributed by atoms with van der Waals surface area (Å²) in [7, 11) is -1.76. The van der Waals surface area contributed by atoms with Crippen LogP contribution in [-0.4, -0.2) is 27.7 Å². The topological polar surface area (TPSA) is 84.5 Å². The monoisotopic (exact) mass is 334 g/mol. The van der Waals surface area contributed by atoms with Gasteiger partial charge in [-0.05, 0) is 42.0 Å². The Kier molecular flexibility index (Phi) is 5.23. The summed E-state index contributed by atoms with van der Waals surface area (Å²) >= 11 is 0. The molecule has 0 aliphatic rings. The molecule has 0 bridgehead atoms. The molecule has 0 atom stereocenters. The maximum absolute atomic E-state index is 12.1. The summed E-state index contributed by atoms with van der Waals surface area (Å²) in [4.78, 5) is 12.1. The third kappa shape index (κ3) is 5.30. The average Bonchev–Trinajstić information content (AvgIpc) is 2.51. The summed E-state index contributed by atoms with van der Waals surface area (Å²) in [6.45, 7) is 0.296. The third-order valence-corrected chi connectivity index (χ3v) is 3.64. The largest absolute Gasteiger partial charge is 0.497 e. The quantitative estimate of drug-likeness (QED) is 0.846. The molecule has 2 N–H and O–H groups in total. The van der Waals surface area contributed by atoms with Crippen molar-refractivity contribution in [3.8, 4) is 5.75 Å². The molecule has 0 saturated heterocycles. The summed E-state index contributed by atoms with van der Waals surface area (Å²) in [5, 5.41) is 2.79. The van der Waals surface area contributed by atoms with E-state index < -0.39 is 10.0 Å². The number of anilines is 1. The number of benzene rings is 2. The van der Waals surface area contributed by atoms with Gasteiger partial charge >= 0.3 is 0 Å². The maximum Gasteiger partial charge on any atom is 0.251 e. The smallest absolute Gasteiger partial charge is 0.251 e. The van der Waals surface area contributed by atoms with E-state index in [0.717, 1.165) is 11.8 Å². The first-order valence-corrected chi connectivity index (χ1v) is 8.75. The van der Waals surface area contributed by atoms with E-state index in [1.54, 1.807) is 49.6 Å². The summed E-state index contributed by atoms with van der Waals surface area (Å²) < 4.78 is 29.9. The number of sulfonamides is 1. The van der Waals surface area contributed by atoms with Crippen LogP contribution in [0.15, 0.2) is 48.5 Å². The van der Waals surface area contributed by atoms with Gasteiger partial charge in [-0.2, -0.15) is 0 Å². The van der Waals surface area contributed by atoms with Gasteiger partial charge in [-0.15, -0.1) is 0 Å². The van der Waals surface area contributed by atoms with E-state index in [4.69, 9.17) is 4.74 Å². The normalized spacial score (nSPS) is 10.9. The molecule has 122 valence electrons. The Morgan fingerprint density at radius 1 is 1.13 bits per heavy atom. The van der Waals surface area contributed by atoms with Crippen LogP contribution >= 0.6 is 0 Å². The van der Waals surface area contributed by atoms with Crippen LogP contribution in [0.3, 0.4) is 0 Å². The molecule has 2 aromatic rings. The lowest BCUT2D eigenvalue weighted by atomic mass is 10.1. The predicted molar refractivity (Wildman–Crippen MR) is 89.1 cm³/mol. The van der Waals surface area contributed by atoms with Crippen molar-refractivity contribution in [3.63, 3.8) is 0 Å². The number of hydrogen-bond acceptors (Lipinski definition) is 4. The van der Waals surface area contributed by atoms with Gasteiger partial charge < -0.3 is 10.1 Å². The summed E-state index contributed by atoms with van der Waals surface area (Å²) in [6.07, 6.45) is 1.09. The zero-order chi connectivity index (χ0) is 16.9. The average molecular weight is 334 g/mol. The second kappa shape index (κ2) is 7.15. The van der Waals surface area contributed by atoms with Crippen molar-refractivity contribution < 1.29 is 17.9 Å².